The number of carbonyl (C=O) groups is 1. The third kappa shape index (κ3) is 2.07. The normalized spacial score (nSPS) is 25.6. The molecule has 0 radical (unpaired) electrons. The minimum atomic E-state index is -0.465. The topological polar surface area (TPSA) is 80.4 Å². The summed E-state index contributed by atoms with van der Waals surface area (Å²) in [6, 6.07) is 1.60. The van der Waals surface area contributed by atoms with Gasteiger partial charge in [0.25, 0.3) is 11.6 Å². The Balaban J connectivity index is 1.86. The van der Waals surface area contributed by atoms with Crippen molar-refractivity contribution in [3.05, 3.63) is 28.1 Å². The van der Waals surface area contributed by atoms with E-state index in [0.29, 0.717) is 11.6 Å². The van der Waals surface area contributed by atoms with E-state index in [0.717, 1.165) is 32.5 Å². The first-order chi connectivity index (χ1) is 9.58. The molecule has 2 aliphatic rings. The maximum absolute atomic E-state index is 12.7. The zero-order chi connectivity index (χ0) is 14.3. The molecule has 0 saturated carbocycles. The van der Waals surface area contributed by atoms with E-state index in [2.05, 4.69) is 5.32 Å². The number of fused-ring (bicyclic) bond motifs is 1. The molecule has 0 aromatic carbocycles. The van der Waals surface area contributed by atoms with Gasteiger partial charge in [-0.05, 0) is 18.8 Å². The summed E-state index contributed by atoms with van der Waals surface area (Å²) < 4.78 is 1.55. The van der Waals surface area contributed by atoms with Crippen LogP contribution in [0.25, 0.3) is 0 Å². The zero-order valence-electron chi connectivity index (χ0n) is 11.4. The Morgan fingerprint density at radius 2 is 2.30 bits per heavy atom. The van der Waals surface area contributed by atoms with Gasteiger partial charge in [0.1, 0.15) is 5.69 Å². The number of aryl methyl sites for hydroxylation is 1. The molecule has 2 saturated heterocycles. The molecule has 0 bridgehead atoms. The number of likely N-dealkylation sites (tertiary alicyclic amines) is 1. The molecule has 1 N–H and O–H groups in total. The van der Waals surface area contributed by atoms with Crippen LogP contribution in [0.3, 0.4) is 0 Å². The molecule has 20 heavy (non-hydrogen) atoms. The van der Waals surface area contributed by atoms with Crippen molar-refractivity contribution >= 4 is 11.6 Å². The third-order valence-corrected chi connectivity index (χ3v) is 4.36. The number of hydrogen-bond acceptors (Lipinski definition) is 4. The van der Waals surface area contributed by atoms with E-state index in [1.54, 1.807) is 11.6 Å². The van der Waals surface area contributed by atoms with Gasteiger partial charge in [0.15, 0.2) is 0 Å². The van der Waals surface area contributed by atoms with Gasteiger partial charge >= 0.3 is 0 Å². The quantitative estimate of drug-likeness (QED) is 0.639. The van der Waals surface area contributed by atoms with Crippen LogP contribution < -0.4 is 5.32 Å². The lowest BCUT2D eigenvalue weighted by Crippen LogP contribution is -2.48. The summed E-state index contributed by atoms with van der Waals surface area (Å²) in [4.78, 5) is 24.9. The number of hydrogen-bond donors (Lipinski definition) is 1. The van der Waals surface area contributed by atoms with Crippen molar-refractivity contribution in [1.29, 1.82) is 0 Å². The Morgan fingerprint density at radius 3 is 3.00 bits per heavy atom. The Labute approximate surface area is 116 Å². The van der Waals surface area contributed by atoms with Gasteiger partial charge in [0.2, 0.25) is 0 Å². The Bertz CT molecular complexity index is 554. The van der Waals surface area contributed by atoms with Crippen molar-refractivity contribution in [2.24, 2.45) is 13.0 Å². The minimum absolute atomic E-state index is 0.0334. The second-order valence-corrected chi connectivity index (χ2v) is 5.58. The number of rotatable bonds is 2. The number of aromatic nitrogens is 1. The molecule has 2 fully saturated rings. The summed E-state index contributed by atoms with van der Waals surface area (Å²) in [5.74, 6) is 0.418. The predicted molar refractivity (Wildman–Crippen MR) is 72.5 cm³/mol. The number of nitrogens with one attached hydrogen (secondary N) is 1. The third-order valence-electron chi connectivity index (χ3n) is 4.36. The number of carbonyl (C=O) groups excluding carboxylic acids is 1. The van der Waals surface area contributed by atoms with Crippen LogP contribution in [-0.4, -0.2) is 46.0 Å². The molecule has 1 aromatic heterocycles. The van der Waals surface area contributed by atoms with Gasteiger partial charge in [-0.1, -0.05) is 0 Å². The van der Waals surface area contributed by atoms with Crippen LogP contribution >= 0.6 is 0 Å². The van der Waals surface area contributed by atoms with Crippen molar-refractivity contribution in [3.8, 4) is 0 Å². The number of nitro groups is 1. The van der Waals surface area contributed by atoms with Crippen LogP contribution in [0.1, 0.15) is 23.3 Å². The second-order valence-electron chi connectivity index (χ2n) is 5.58. The first kappa shape index (κ1) is 13.1. The van der Waals surface area contributed by atoms with E-state index in [9.17, 15) is 14.9 Å². The lowest BCUT2D eigenvalue weighted by atomic mass is 9.92. The molecule has 7 nitrogen and oxygen atoms in total. The lowest BCUT2D eigenvalue weighted by Gasteiger charge is -2.37. The average Bonchev–Trinajstić information content (AvgIpc) is 3.03. The van der Waals surface area contributed by atoms with Gasteiger partial charge in [-0.2, -0.15) is 0 Å². The Hall–Kier alpha value is -1.89. The van der Waals surface area contributed by atoms with Gasteiger partial charge in [-0.25, -0.2) is 0 Å². The van der Waals surface area contributed by atoms with Crippen LogP contribution in [0, 0.1) is 16.0 Å². The fraction of sp³-hybridized carbons (Fsp3) is 0.615. The monoisotopic (exact) mass is 278 g/mol. The van der Waals surface area contributed by atoms with Crippen LogP contribution in [-0.2, 0) is 7.05 Å². The second kappa shape index (κ2) is 4.90. The highest BCUT2D eigenvalue weighted by Crippen LogP contribution is 2.28. The molecule has 1 aromatic rings. The molecule has 0 spiro atoms. The summed E-state index contributed by atoms with van der Waals surface area (Å²) in [6.07, 6.45) is 3.54. The van der Waals surface area contributed by atoms with E-state index in [-0.39, 0.29) is 17.6 Å². The highest BCUT2D eigenvalue weighted by atomic mass is 16.6. The molecular formula is C13H18N4O3. The first-order valence-electron chi connectivity index (χ1n) is 6.90. The number of nitrogens with zero attached hydrogens (tertiary/aromatic N) is 3. The summed E-state index contributed by atoms with van der Waals surface area (Å²) >= 11 is 0. The fourth-order valence-corrected chi connectivity index (χ4v) is 3.33. The lowest BCUT2D eigenvalue weighted by molar-refractivity contribution is -0.384. The molecular weight excluding hydrogens is 260 g/mol. The van der Waals surface area contributed by atoms with Crippen molar-refractivity contribution in [2.75, 3.05) is 19.6 Å². The summed E-state index contributed by atoms with van der Waals surface area (Å²) in [5.41, 5.74) is 0.359. The Kier molecular flexibility index (Phi) is 3.21. The summed E-state index contributed by atoms with van der Waals surface area (Å²) in [6.45, 7) is 2.52. The smallest absolute Gasteiger partial charge is 0.287 e. The molecule has 108 valence electrons. The van der Waals surface area contributed by atoms with Crippen LogP contribution in [0.4, 0.5) is 5.69 Å². The molecule has 2 aliphatic heterocycles. The van der Waals surface area contributed by atoms with Gasteiger partial charge < -0.3 is 14.8 Å². The van der Waals surface area contributed by atoms with Crippen LogP contribution in [0.2, 0.25) is 0 Å². The van der Waals surface area contributed by atoms with E-state index in [1.807, 2.05) is 4.90 Å². The molecule has 3 rings (SSSR count). The molecule has 2 atom stereocenters. The van der Waals surface area contributed by atoms with E-state index >= 15 is 0 Å². The Morgan fingerprint density at radius 1 is 1.50 bits per heavy atom. The summed E-state index contributed by atoms with van der Waals surface area (Å²) in [7, 11) is 1.68. The zero-order valence-corrected chi connectivity index (χ0v) is 11.4. The van der Waals surface area contributed by atoms with Gasteiger partial charge in [-0.3, -0.25) is 14.9 Å². The number of piperidine rings is 1. The van der Waals surface area contributed by atoms with Crippen LogP contribution in [0.5, 0.6) is 0 Å². The van der Waals surface area contributed by atoms with Crippen molar-refractivity contribution in [2.45, 2.75) is 18.9 Å². The molecule has 1 amide bonds. The highest BCUT2D eigenvalue weighted by molar-refractivity contribution is 5.94. The van der Waals surface area contributed by atoms with Gasteiger partial charge in [0, 0.05) is 38.8 Å². The minimum Gasteiger partial charge on any atom is -0.340 e. The van der Waals surface area contributed by atoms with E-state index in [4.69, 9.17) is 0 Å². The standard InChI is InChI=1S/C13H18N4O3/c1-15-8-10(17(19)20)5-11(15)13(18)16-4-2-3-9-6-14-7-12(9)16/h5,8-9,12,14H,2-4,6-7H2,1H3. The van der Waals surface area contributed by atoms with Crippen molar-refractivity contribution in [1.82, 2.24) is 14.8 Å². The maximum atomic E-state index is 12.7. The largest absolute Gasteiger partial charge is 0.340 e. The first-order valence-corrected chi connectivity index (χ1v) is 6.90. The van der Waals surface area contributed by atoms with Gasteiger partial charge in [0.05, 0.1) is 11.1 Å². The number of amides is 1. The maximum Gasteiger partial charge on any atom is 0.287 e. The van der Waals surface area contributed by atoms with Crippen LogP contribution in [0.15, 0.2) is 12.3 Å². The molecule has 2 unspecified atom stereocenters. The van der Waals surface area contributed by atoms with E-state index < -0.39 is 4.92 Å². The average molecular weight is 278 g/mol. The highest BCUT2D eigenvalue weighted by Gasteiger charge is 2.38. The molecule has 7 heteroatoms. The van der Waals surface area contributed by atoms with Crippen molar-refractivity contribution < 1.29 is 9.72 Å². The SMILES string of the molecule is Cn1cc([N+](=O)[O-])cc1C(=O)N1CCCC2CNCC21. The van der Waals surface area contributed by atoms with Gasteiger partial charge in [-0.15, -0.1) is 0 Å². The summed E-state index contributed by atoms with van der Waals surface area (Å²) in [5, 5.41) is 14.1. The fourth-order valence-electron chi connectivity index (χ4n) is 3.33. The van der Waals surface area contributed by atoms with E-state index in [1.165, 1.54) is 12.3 Å². The molecule has 0 aliphatic carbocycles. The molecule has 3 heterocycles. The van der Waals surface area contributed by atoms with Crippen molar-refractivity contribution in [3.63, 3.8) is 0 Å². The predicted octanol–water partition coefficient (Wildman–Crippen LogP) is 0.757.